The molecule has 1 fully saturated rings. The smallest absolute Gasteiger partial charge is 0.416 e. The van der Waals surface area contributed by atoms with Crippen molar-refractivity contribution in [3.63, 3.8) is 0 Å². The largest absolute Gasteiger partial charge is 0.481 e. The lowest BCUT2D eigenvalue weighted by Gasteiger charge is -2.29. The van der Waals surface area contributed by atoms with Crippen LogP contribution in [0.2, 0.25) is 0 Å². The monoisotopic (exact) mass is 343 g/mol. The predicted octanol–water partition coefficient (Wildman–Crippen LogP) is 3.55. The third-order valence-electron chi connectivity index (χ3n) is 4.42. The van der Waals surface area contributed by atoms with E-state index < -0.39 is 23.6 Å². The molecule has 2 atom stereocenters. The van der Waals surface area contributed by atoms with Crippen molar-refractivity contribution >= 4 is 11.9 Å². The molecule has 1 amide bonds. The van der Waals surface area contributed by atoms with Gasteiger partial charge in [0.2, 0.25) is 5.91 Å². The number of hydrogen-bond donors (Lipinski definition) is 1. The molecule has 0 spiro atoms. The number of carboxylic acid groups (broad SMARTS) is 1. The van der Waals surface area contributed by atoms with Gasteiger partial charge in [0.1, 0.15) is 0 Å². The maximum absolute atomic E-state index is 12.7. The van der Waals surface area contributed by atoms with Gasteiger partial charge in [-0.25, -0.2) is 0 Å². The Morgan fingerprint density at radius 2 is 1.92 bits per heavy atom. The quantitative estimate of drug-likeness (QED) is 0.909. The van der Waals surface area contributed by atoms with Crippen LogP contribution in [0.4, 0.5) is 13.2 Å². The maximum Gasteiger partial charge on any atom is 0.416 e. The van der Waals surface area contributed by atoms with Gasteiger partial charge in [-0.1, -0.05) is 18.6 Å². The van der Waals surface area contributed by atoms with Gasteiger partial charge >= 0.3 is 12.1 Å². The number of amides is 1. The lowest BCUT2D eigenvalue weighted by atomic mass is 9.81. The molecular weight excluding hydrogens is 323 g/mol. The number of rotatable bonds is 4. The summed E-state index contributed by atoms with van der Waals surface area (Å²) < 4.78 is 38.2. The number of carbonyl (C=O) groups is 2. The molecule has 1 aromatic rings. The molecule has 0 bridgehead atoms. The highest BCUT2D eigenvalue weighted by atomic mass is 19.4. The van der Waals surface area contributed by atoms with Gasteiger partial charge in [-0.05, 0) is 37.0 Å². The third-order valence-corrected chi connectivity index (χ3v) is 4.42. The molecular formula is C17H20F3NO3. The second-order valence-corrected chi connectivity index (χ2v) is 6.29. The van der Waals surface area contributed by atoms with E-state index in [2.05, 4.69) is 0 Å². The van der Waals surface area contributed by atoms with Crippen molar-refractivity contribution in [1.82, 2.24) is 4.90 Å². The van der Waals surface area contributed by atoms with Gasteiger partial charge in [-0.15, -0.1) is 0 Å². The number of aliphatic carboxylic acids is 1. The third kappa shape index (κ3) is 4.49. The zero-order valence-corrected chi connectivity index (χ0v) is 13.3. The minimum atomic E-state index is -4.42. The Balaban J connectivity index is 2.02. The fourth-order valence-electron chi connectivity index (χ4n) is 3.15. The average molecular weight is 343 g/mol. The highest BCUT2D eigenvalue weighted by molar-refractivity contribution is 5.80. The zero-order valence-electron chi connectivity index (χ0n) is 13.3. The second kappa shape index (κ2) is 7.23. The summed E-state index contributed by atoms with van der Waals surface area (Å²) in [6.45, 7) is 0.0665. The average Bonchev–Trinajstić information content (AvgIpc) is 2.53. The Kier molecular flexibility index (Phi) is 5.51. The lowest BCUT2D eigenvalue weighted by Crippen LogP contribution is -2.36. The Hall–Kier alpha value is -2.05. The molecule has 24 heavy (non-hydrogen) atoms. The number of nitrogens with zero attached hydrogens (tertiary/aromatic N) is 1. The van der Waals surface area contributed by atoms with Crippen molar-refractivity contribution in [2.45, 2.75) is 38.4 Å². The van der Waals surface area contributed by atoms with E-state index in [0.29, 0.717) is 31.2 Å². The summed E-state index contributed by atoms with van der Waals surface area (Å²) in [5, 5.41) is 9.09. The summed E-state index contributed by atoms with van der Waals surface area (Å²) in [6, 6.07) is 4.88. The van der Waals surface area contributed by atoms with Gasteiger partial charge in [-0.3, -0.25) is 9.59 Å². The van der Waals surface area contributed by atoms with E-state index in [0.717, 1.165) is 12.1 Å². The van der Waals surface area contributed by atoms with Gasteiger partial charge in [-0.2, -0.15) is 13.2 Å². The molecule has 0 radical (unpaired) electrons. The molecule has 1 aliphatic carbocycles. The minimum absolute atomic E-state index is 0.0665. The van der Waals surface area contributed by atoms with Crippen molar-refractivity contribution in [3.05, 3.63) is 35.4 Å². The zero-order chi connectivity index (χ0) is 17.9. The van der Waals surface area contributed by atoms with Crippen LogP contribution in [0.15, 0.2) is 24.3 Å². The molecule has 7 heteroatoms. The van der Waals surface area contributed by atoms with Crippen molar-refractivity contribution in [2.75, 3.05) is 7.05 Å². The van der Waals surface area contributed by atoms with Crippen LogP contribution in [-0.2, 0) is 22.3 Å². The van der Waals surface area contributed by atoms with E-state index in [1.165, 1.54) is 18.0 Å². The van der Waals surface area contributed by atoms with E-state index in [1.54, 1.807) is 6.07 Å². The fourth-order valence-corrected chi connectivity index (χ4v) is 3.15. The van der Waals surface area contributed by atoms with Crippen LogP contribution >= 0.6 is 0 Å². The van der Waals surface area contributed by atoms with Crippen LogP contribution in [0.3, 0.4) is 0 Å². The minimum Gasteiger partial charge on any atom is -0.481 e. The van der Waals surface area contributed by atoms with Gasteiger partial charge in [0, 0.05) is 19.5 Å². The highest BCUT2D eigenvalue weighted by Crippen LogP contribution is 2.32. The van der Waals surface area contributed by atoms with E-state index in [1.807, 2.05) is 0 Å². The molecule has 2 rings (SSSR count). The van der Waals surface area contributed by atoms with E-state index in [-0.39, 0.29) is 18.4 Å². The maximum atomic E-state index is 12.7. The number of carboxylic acids is 1. The summed E-state index contributed by atoms with van der Waals surface area (Å²) in [6.07, 6.45) is -2.27. The van der Waals surface area contributed by atoms with E-state index in [9.17, 15) is 22.8 Å². The number of carbonyl (C=O) groups excluding carboxylic acids is 1. The topological polar surface area (TPSA) is 57.6 Å². The predicted molar refractivity (Wildman–Crippen MR) is 81.0 cm³/mol. The first-order chi connectivity index (χ1) is 11.2. The Morgan fingerprint density at radius 1 is 1.25 bits per heavy atom. The Bertz CT molecular complexity index is 615. The van der Waals surface area contributed by atoms with Crippen LogP contribution in [0.1, 0.15) is 36.8 Å². The summed E-state index contributed by atoms with van der Waals surface area (Å²) in [4.78, 5) is 24.9. The summed E-state index contributed by atoms with van der Waals surface area (Å²) >= 11 is 0. The van der Waals surface area contributed by atoms with Crippen LogP contribution in [0, 0.1) is 11.8 Å². The van der Waals surface area contributed by atoms with Crippen molar-refractivity contribution in [3.8, 4) is 0 Å². The van der Waals surface area contributed by atoms with E-state index in [4.69, 9.17) is 5.11 Å². The molecule has 4 nitrogen and oxygen atoms in total. The van der Waals surface area contributed by atoms with Gasteiger partial charge < -0.3 is 10.0 Å². The molecule has 0 aliphatic heterocycles. The van der Waals surface area contributed by atoms with Crippen molar-refractivity contribution in [1.29, 1.82) is 0 Å². The second-order valence-electron chi connectivity index (χ2n) is 6.29. The first-order valence-electron chi connectivity index (χ1n) is 7.82. The van der Waals surface area contributed by atoms with E-state index >= 15 is 0 Å². The van der Waals surface area contributed by atoms with Crippen LogP contribution in [0.5, 0.6) is 0 Å². The molecule has 0 heterocycles. The first kappa shape index (κ1) is 18.3. The molecule has 0 saturated heterocycles. The van der Waals surface area contributed by atoms with Crippen LogP contribution in [-0.4, -0.2) is 28.9 Å². The molecule has 2 unspecified atom stereocenters. The van der Waals surface area contributed by atoms with Crippen molar-refractivity contribution in [2.24, 2.45) is 11.8 Å². The number of benzene rings is 1. The number of hydrogen-bond acceptors (Lipinski definition) is 2. The Labute approximate surface area is 138 Å². The highest BCUT2D eigenvalue weighted by Gasteiger charge is 2.33. The Morgan fingerprint density at radius 3 is 2.54 bits per heavy atom. The summed E-state index contributed by atoms with van der Waals surface area (Å²) in [5.74, 6) is -2.00. The van der Waals surface area contributed by atoms with Gasteiger partial charge in [0.05, 0.1) is 11.5 Å². The van der Waals surface area contributed by atoms with Crippen LogP contribution < -0.4 is 0 Å². The molecule has 1 aliphatic rings. The molecule has 1 saturated carbocycles. The standard InChI is InChI=1S/C17H20F3NO3/c1-21(10-11-4-2-7-14(8-11)17(18,19)20)15(22)12-5-3-6-13(9-12)16(23)24/h2,4,7-8,12-13H,3,5-6,9-10H2,1H3,(H,23,24). The lowest BCUT2D eigenvalue weighted by molar-refractivity contribution is -0.145. The normalized spacial score (nSPS) is 21.3. The molecule has 1 aromatic carbocycles. The fraction of sp³-hybridized carbons (Fsp3) is 0.529. The molecule has 1 N–H and O–H groups in total. The number of alkyl halides is 3. The van der Waals surface area contributed by atoms with Crippen LogP contribution in [0.25, 0.3) is 0 Å². The summed E-state index contributed by atoms with van der Waals surface area (Å²) in [7, 11) is 1.53. The summed E-state index contributed by atoms with van der Waals surface area (Å²) in [5.41, 5.74) is -0.351. The first-order valence-corrected chi connectivity index (χ1v) is 7.82. The van der Waals surface area contributed by atoms with Gasteiger partial charge in [0.25, 0.3) is 0 Å². The SMILES string of the molecule is CN(Cc1cccc(C(F)(F)F)c1)C(=O)C1CCCC(C(=O)O)C1. The van der Waals surface area contributed by atoms with Gasteiger partial charge in [0.15, 0.2) is 0 Å². The molecule has 132 valence electrons. The van der Waals surface area contributed by atoms with Crippen molar-refractivity contribution < 1.29 is 27.9 Å². The molecule has 0 aromatic heterocycles. The number of halogens is 3.